The first-order valence-corrected chi connectivity index (χ1v) is 7.52. The van der Waals surface area contributed by atoms with E-state index in [1.54, 1.807) is 18.2 Å². The number of carbonyl (C=O) groups is 2. The van der Waals surface area contributed by atoms with Crippen LogP contribution in [0, 0.1) is 0 Å². The molecule has 3 rings (SSSR count). The zero-order chi connectivity index (χ0) is 18.2. The SMILES string of the molecule is COc1cccc2c1N(C(=O)c1ccc(C(F)(F)F)cc1)CCC2=O. The lowest BCUT2D eigenvalue weighted by Gasteiger charge is -2.30. The van der Waals surface area contributed by atoms with E-state index in [0.717, 1.165) is 24.3 Å². The Balaban J connectivity index is 1.99. The fraction of sp³-hybridized carbons (Fsp3) is 0.222. The van der Waals surface area contributed by atoms with Crippen LogP contribution in [0.15, 0.2) is 42.5 Å². The van der Waals surface area contributed by atoms with Crippen LogP contribution in [-0.2, 0) is 6.18 Å². The third-order valence-corrected chi connectivity index (χ3v) is 4.06. The number of benzene rings is 2. The van der Waals surface area contributed by atoms with Crippen LogP contribution in [0.2, 0.25) is 0 Å². The highest BCUT2D eigenvalue weighted by Gasteiger charge is 2.33. The molecule has 0 unspecified atom stereocenters. The normalized spacial score (nSPS) is 14.2. The van der Waals surface area contributed by atoms with Crippen molar-refractivity contribution in [3.63, 3.8) is 0 Å². The van der Waals surface area contributed by atoms with Crippen LogP contribution in [0.3, 0.4) is 0 Å². The van der Waals surface area contributed by atoms with Gasteiger partial charge in [-0.25, -0.2) is 0 Å². The van der Waals surface area contributed by atoms with Gasteiger partial charge in [0.15, 0.2) is 5.78 Å². The highest BCUT2D eigenvalue weighted by atomic mass is 19.4. The summed E-state index contributed by atoms with van der Waals surface area (Å²) < 4.78 is 43.2. The maximum absolute atomic E-state index is 12.8. The quantitative estimate of drug-likeness (QED) is 0.825. The number of Topliss-reactive ketones (excluding diaryl/α,β-unsaturated/α-hetero) is 1. The van der Waals surface area contributed by atoms with Crippen molar-refractivity contribution < 1.29 is 27.5 Å². The Bertz CT molecular complexity index is 828. The van der Waals surface area contributed by atoms with Gasteiger partial charge in [-0.15, -0.1) is 0 Å². The molecule has 0 aromatic heterocycles. The second-order valence-corrected chi connectivity index (χ2v) is 5.56. The minimum absolute atomic E-state index is 0.106. The van der Waals surface area contributed by atoms with Gasteiger partial charge in [0.2, 0.25) is 0 Å². The number of hydrogen-bond donors (Lipinski definition) is 0. The summed E-state index contributed by atoms with van der Waals surface area (Å²) in [5.41, 5.74) is 0.00654. The molecule has 1 aliphatic rings. The lowest BCUT2D eigenvalue weighted by atomic mass is 9.98. The third kappa shape index (κ3) is 3.09. The van der Waals surface area contributed by atoms with Gasteiger partial charge in [0.05, 0.1) is 18.4 Å². The number of ether oxygens (including phenoxy) is 1. The molecule has 7 heteroatoms. The minimum atomic E-state index is -4.46. The Morgan fingerprint density at radius 2 is 1.80 bits per heavy atom. The predicted molar refractivity (Wildman–Crippen MR) is 85.1 cm³/mol. The van der Waals surface area contributed by atoms with Crippen molar-refractivity contribution in [2.45, 2.75) is 12.6 Å². The van der Waals surface area contributed by atoms with Gasteiger partial charge in [0.1, 0.15) is 5.75 Å². The number of hydrogen-bond acceptors (Lipinski definition) is 3. The molecular formula is C18H14F3NO3. The Labute approximate surface area is 141 Å². The second kappa shape index (κ2) is 6.23. The zero-order valence-electron chi connectivity index (χ0n) is 13.3. The molecule has 1 heterocycles. The van der Waals surface area contributed by atoms with Crippen LogP contribution in [-0.4, -0.2) is 25.3 Å². The molecule has 0 atom stereocenters. The maximum atomic E-state index is 12.8. The van der Waals surface area contributed by atoms with E-state index < -0.39 is 17.6 Å². The number of amides is 1. The smallest absolute Gasteiger partial charge is 0.416 e. The minimum Gasteiger partial charge on any atom is -0.495 e. The van der Waals surface area contributed by atoms with Gasteiger partial charge in [-0.2, -0.15) is 13.2 Å². The lowest BCUT2D eigenvalue weighted by Crippen LogP contribution is -2.37. The second-order valence-electron chi connectivity index (χ2n) is 5.56. The monoisotopic (exact) mass is 349 g/mol. The summed E-state index contributed by atoms with van der Waals surface area (Å²) in [5, 5.41) is 0. The Hall–Kier alpha value is -2.83. The van der Waals surface area contributed by atoms with Gasteiger partial charge in [-0.3, -0.25) is 9.59 Å². The molecule has 0 fully saturated rings. The molecule has 130 valence electrons. The van der Waals surface area contributed by atoms with Crippen LogP contribution in [0.4, 0.5) is 18.9 Å². The summed E-state index contributed by atoms with van der Waals surface area (Å²) in [6.45, 7) is 0.145. The number of halogens is 3. The van der Waals surface area contributed by atoms with Crippen molar-refractivity contribution in [1.29, 1.82) is 0 Å². The van der Waals surface area contributed by atoms with Gasteiger partial charge in [-0.05, 0) is 36.4 Å². The molecule has 2 aromatic carbocycles. The summed E-state index contributed by atoms with van der Waals surface area (Å²) in [7, 11) is 1.43. The van der Waals surface area contributed by atoms with Gasteiger partial charge >= 0.3 is 6.18 Å². The molecule has 0 radical (unpaired) electrons. The molecule has 0 N–H and O–H groups in total. The van der Waals surface area contributed by atoms with Crippen LogP contribution in [0.25, 0.3) is 0 Å². The molecular weight excluding hydrogens is 335 g/mol. The van der Waals surface area contributed by atoms with Gasteiger partial charge in [-0.1, -0.05) is 6.07 Å². The summed E-state index contributed by atoms with van der Waals surface area (Å²) in [6.07, 6.45) is -4.32. The highest BCUT2D eigenvalue weighted by molar-refractivity contribution is 6.14. The van der Waals surface area contributed by atoms with Crippen molar-refractivity contribution >= 4 is 17.4 Å². The van der Waals surface area contributed by atoms with Crippen molar-refractivity contribution in [1.82, 2.24) is 0 Å². The molecule has 2 aromatic rings. The number of anilines is 1. The van der Waals surface area contributed by atoms with E-state index in [4.69, 9.17) is 4.74 Å². The largest absolute Gasteiger partial charge is 0.495 e. The van der Waals surface area contributed by atoms with Gasteiger partial charge in [0.25, 0.3) is 5.91 Å². The summed E-state index contributed by atoms with van der Waals surface area (Å²) in [4.78, 5) is 26.2. The fourth-order valence-electron chi connectivity index (χ4n) is 2.81. The molecule has 0 saturated heterocycles. The molecule has 0 saturated carbocycles. The first-order valence-electron chi connectivity index (χ1n) is 7.52. The highest BCUT2D eigenvalue weighted by Crippen LogP contribution is 2.37. The Kier molecular flexibility index (Phi) is 4.24. The van der Waals surface area contributed by atoms with Gasteiger partial charge in [0, 0.05) is 24.1 Å². The topological polar surface area (TPSA) is 46.6 Å². The van der Waals surface area contributed by atoms with E-state index in [1.165, 1.54) is 12.0 Å². The van der Waals surface area contributed by atoms with E-state index in [1.807, 2.05) is 0 Å². The van der Waals surface area contributed by atoms with Crippen LogP contribution in [0.5, 0.6) is 5.75 Å². The average Bonchev–Trinajstić information content (AvgIpc) is 2.60. The Morgan fingerprint density at radius 3 is 2.40 bits per heavy atom. The maximum Gasteiger partial charge on any atom is 0.416 e. The Morgan fingerprint density at radius 1 is 1.12 bits per heavy atom. The average molecular weight is 349 g/mol. The van der Waals surface area contributed by atoms with Crippen LogP contribution in [0.1, 0.15) is 32.7 Å². The molecule has 1 amide bonds. The third-order valence-electron chi connectivity index (χ3n) is 4.06. The molecule has 0 aliphatic carbocycles. The number of alkyl halides is 3. The predicted octanol–water partition coefficient (Wildman–Crippen LogP) is 3.95. The molecule has 4 nitrogen and oxygen atoms in total. The number of carbonyl (C=O) groups excluding carboxylic acids is 2. The first kappa shape index (κ1) is 17.0. The van der Waals surface area contributed by atoms with E-state index in [0.29, 0.717) is 17.0 Å². The number of methoxy groups -OCH3 is 1. The molecule has 25 heavy (non-hydrogen) atoms. The standard InChI is InChI=1S/C18H14F3NO3/c1-25-15-4-2-3-13-14(23)9-10-22(16(13)15)17(24)11-5-7-12(8-6-11)18(19,20)21/h2-8H,9-10H2,1H3. The molecule has 0 bridgehead atoms. The first-order chi connectivity index (χ1) is 11.8. The van der Waals surface area contributed by atoms with Crippen molar-refractivity contribution in [2.24, 2.45) is 0 Å². The number of fused-ring (bicyclic) bond motifs is 1. The van der Waals surface area contributed by atoms with Crippen molar-refractivity contribution in [2.75, 3.05) is 18.6 Å². The zero-order valence-corrected chi connectivity index (χ0v) is 13.3. The number of para-hydroxylation sites is 1. The van der Waals surface area contributed by atoms with Crippen LogP contribution >= 0.6 is 0 Å². The van der Waals surface area contributed by atoms with Gasteiger partial charge < -0.3 is 9.64 Å². The van der Waals surface area contributed by atoms with Crippen molar-refractivity contribution in [3.8, 4) is 5.75 Å². The van der Waals surface area contributed by atoms with E-state index >= 15 is 0 Å². The fourth-order valence-corrected chi connectivity index (χ4v) is 2.81. The van der Waals surface area contributed by atoms with E-state index in [9.17, 15) is 22.8 Å². The van der Waals surface area contributed by atoms with E-state index in [-0.39, 0.29) is 24.3 Å². The number of ketones is 1. The van der Waals surface area contributed by atoms with E-state index in [2.05, 4.69) is 0 Å². The number of nitrogens with zero attached hydrogens (tertiary/aromatic N) is 1. The summed E-state index contributed by atoms with van der Waals surface area (Å²) in [6, 6.07) is 8.89. The van der Waals surface area contributed by atoms with Crippen molar-refractivity contribution in [3.05, 3.63) is 59.2 Å². The number of rotatable bonds is 2. The molecule has 0 spiro atoms. The molecule has 1 aliphatic heterocycles. The lowest BCUT2D eigenvalue weighted by molar-refractivity contribution is -0.137. The van der Waals surface area contributed by atoms with Crippen LogP contribution < -0.4 is 9.64 Å². The summed E-state index contributed by atoms with van der Waals surface area (Å²) >= 11 is 0. The summed E-state index contributed by atoms with van der Waals surface area (Å²) in [5.74, 6) is -0.219.